The third kappa shape index (κ3) is 4.76. The summed E-state index contributed by atoms with van der Waals surface area (Å²) in [7, 11) is 0. The molecule has 242 valence electrons. The second kappa shape index (κ2) is 11.9. The van der Waals surface area contributed by atoms with Gasteiger partial charge in [-0.05, 0) is 54.6 Å². The van der Waals surface area contributed by atoms with Crippen molar-refractivity contribution in [3.8, 4) is 45.5 Å². The van der Waals surface area contributed by atoms with Gasteiger partial charge in [-0.25, -0.2) is 19.8 Å². The van der Waals surface area contributed by atoms with E-state index in [0.717, 1.165) is 39.1 Å². The molecule has 0 N–H and O–H groups in total. The Balaban J connectivity index is 1.21. The van der Waals surface area contributed by atoms with Gasteiger partial charge >= 0.3 is 0 Å². The molecule has 0 atom stereocenters. The van der Waals surface area contributed by atoms with E-state index in [-0.39, 0.29) is 0 Å². The molecule has 3 heterocycles. The Hall–Kier alpha value is -7.36. The van der Waals surface area contributed by atoms with E-state index in [1.165, 1.54) is 32.6 Å². The molecule has 0 radical (unpaired) electrons. The first-order valence-electron chi connectivity index (χ1n) is 17.2. The fourth-order valence-electron chi connectivity index (χ4n) is 7.41. The molecule has 6 heteroatoms. The average Bonchev–Trinajstić information content (AvgIpc) is 3.72. The van der Waals surface area contributed by atoms with Crippen LogP contribution in [0.1, 0.15) is 0 Å². The highest BCUT2D eigenvalue weighted by molar-refractivity contribution is 6.19. The van der Waals surface area contributed by atoms with Gasteiger partial charge in [-0.1, -0.05) is 115 Å². The van der Waals surface area contributed by atoms with Crippen LogP contribution in [0, 0.1) is 6.57 Å². The van der Waals surface area contributed by atoms with Gasteiger partial charge in [0, 0.05) is 49.6 Å². The summed E-state index contributed by atoms with van der Waals surface area (Å²) < 4.78 is 4.72. The normalized spacial score (nSPS) is 11.4. The van der Waals surface area contributed by atoms with Crippen molar-refractivity contribution < 1.29 is 0 Å². The minimum Gasteiger partial charge on any atom is -0.309 e. The molecule has 0 saturated heterocycles. The maximum absolute atomic E-state index is 7.56. The van der Waals surface area contributed by atoms with Crippen molar-refractivity contribution in [3.05, 3.63) is 181 Å². The van der Waals surface area contributed by atoms with E-state index in [1.54, 1.807) is 6.07 Å². The lowest BCUT2D eigenvalue weighted by Crippen LogP contribution is -2.01. The SMILES string of the molecule is [C-]#[N+]c1cccc(-c2nc(-c3ccccc3)nc(-c3cccc(-n4c5ccccc5c5cc6c(cc54)c4ccccc4n6-c4ccccc4)c3)n2)c1. The van der Waals surface area contributed by atoms with Gasteiger partial charge in [-0.3, -0.25) is 0 Å². The second-order valence-electron chi connectivity index (χ2n) is 12.8. The zero-order chi connectivity index (χ0) is 34.6. The standard InChI is InChI=1S/C46H28N6/c1-47-33-18-12-16-31(26-33)45-48-44(30-14-4-2-5-15-30)49-46(50-45)32-17-13-21-35(27-32)52-41-25-11-9-23-37(41)39-28-42-38(29-43(39)52)36-22-8-10-24-40(36)51(42)34-19-6-3-7-20-34/h2-29H. The molecule has 3 aromatic heterocycles. The summed E-state index contributed by atoms with van der Waals surface area (Å²) in [4.78, 5) is 18.5. The van der Waals surface area contributed by atoms with Crippen LogP contribution >= 0.6 is 0 Å². The molecule has 0 bridgehead atoms. The topological polar surface area (TPSA) is 52.9 Å². The molecular weight excluding hydrogens is 637 g/mol. The third-order valence-electron chi connectivity index (χ3n) is 9.74. The summed E-state index contributed by atoms with van der Waals surface area (Å²) in [6, 6.07) is 58.3. The Labute approximate surface area is 299 Å². The Kier molecular flexibility index (Phi) is 6.76. The van der Waals surface area contributed by atoms with Crippen molar-refractivity contribution in [2.75, 3.05) is 0 Å². The molecule has 10 aromatic rings. The molecule has 10 rings (SSSR count). The van der Waals surface area contributed by atoms with E-state index in [2.05, 4.69) is 123 Å². The summed E-state index contributed by atoms with van der Waals surface area (Å²) in [5, 5.41) is 4.77. The fraction of sp³-hybridized carbons (Fsp3) is 0. The highest BCUT2D eigenvalue weighted by atomic mass is 15.0. The van der Waals surface area contributed by atoms with E-state index in [0.29, 0.717) is 23.2 Å². The van der Waals surface area contributed by atoms with Crippen LogP contribution in [0.25, 0.3) is 94.0 Å². The predicted octanol–water partition coefficient (Wildman–Crippen LogP) is 11.6. The minimum atomic E-state index is 0.522. The fourth-order valence-corrected chi connectivity index (χ4v) is 7.41. The van der Waals surface area contributed by atoms with Crippen LogP contribution in [0.4, 0.5) is 5.69 Å². The van der Waals surface area contributed by atoms with E-state index in [1.807, 2.05) is 54.6 Å². The molecular formula is C46H28N6. The molecule has 0 aliphatic rings. The van der Waals surface area contributed by atoms with Gasteiger partial charge in [0.1, 0.15) is 0 Å². The Morgan fingerprint density at radius 3 is 1.44 bits per heavy atom. The number of rotatable bonds is 5. The van der Waals surface area contributed by atoms with Crippen LogP contribution in [0.15, 0.2) is 170 Å². The second-order valence-corrected chi connectivity index (χ2v) is 12.8. The van der Waals surface area contributed by atoms with E-state index in [9.17, 15) is 0 Å². The van der Waals surface area contributed by atoms with E-state index >= 15 is 0 Å². The van der Waals surface area contributed by atoms with Crippen LogP contribution < -0.4 is 0 Å². The maximum atomic E-state index is 7.56. The van der Waals surface area contributed by atoms with Gasteiger partial charge < -0.3 is 9.13 Å². The first-order chi connectivity index (χ1) is 25.7. The summed E-state index contributed by atoms with van der Waals surface area (Å²) in [5.74, 6) is 1.66. The van der Waals surface area contributed by atoms with Gasteiger partial charge in [0.15, 0.2) is 23.2 Å². The van der Waals surface area contributed by atoms with E-state index in [4.69, 9.17) is 21.5 Å². The van der Waals surface area contributed by atoms with Crippen LogP contribution in [0.3, 0.4) is 0 Å². The molecule has 0 aliphatic heterocycles. The number of nitrogens with zero attached hydrogens (tertiary/aromatic N) is 6. The average molecular weight is 665 g/mol. The number of hydrogen-bond donors (Lipinski definition) is 0. The molecule has 52 heavy (non-hydrogen) atoms. The van der Waals surface area contributed by atoms with Gasteiger partial charge in [-0.15, -0.1) is 0 Å². The molecule has 0 amide bonds. The lowest BCUT2D eigenvalue weighted by molar-refractivity contribution is 1.07. The maximum Gasteiger partial charge on any atom is 0.187 e. The number of benzene rings is 7. The molecule has 0 saturated carbocycles. The number of para-hydroxylation sites is 3. The molecule has 0 spiro atoms. The summed E-state index contributed by atoms with van der Waals surface area (Å²) >= 11 is 0. The zero-order valence-electron chi connectivity index (χ0n) is 27.8. The number of hydrogen-bond acceptors (Lipinski definition) is 3. The van der Waals surface area contributed by atoms with Gasteiger partial charge in [-0.2, -0.15) is 0 Å². The Morgan fingerprint density at radius 2 is 0.827 bits per heavy atom. The van der Waals surface area contributed by atoms with Gasteiger partial charge in [0.25, 0.3) is 0 Å². The highest BCUT2D eigenvalue weighted by Gasteiger charge is 2.19. The van der Waals surface area contributed by atoms with Crippen LogP contribution in [0.2, 0.25) is 0 Å². The van der Waals surface area contributed by atoms with Crippen LogP contribution in [-0.2, 0) is 0 Å². The number of fused-ring (bicyclic) bond motifs is 6. The molecule has 0 fully saturated rings. The molecule has 0 unspecified atom stereocenters. The van der Waals surface area contributed by atoms with Crippen LogP contribution in [0.5, 0.6) is 0 Å². The first-order valence-corrected chi connectivity index (χ1v) is 17.2. The van der Waals surface area contributed by atoms with Crippen molar-refractivity contribution in [3.63, 3.8) is 0 Å². The Morgan fingerprint density at radius 1 is 0.365 bits per heavy atom. The quantitative estimate of drug-likeness (QED) is 0.172. The minimum absolute atomic E-state index is 0.522. The van der Waals surface area contributed by atoms with E-state index < -0.39 is 0 Å². The Bertz CT molecular complexity index is 3020. The first kappa shape index (κ1) is 29.5. The monoisotopic (exact) mass is 664 g/mol. The van der Waals surface area contributed by atoms with Gasteiger partial charge in [0.2, 0.25) is 0 Å². The van der Waals surface area contributed by atoms with Crippen molar-refractivity contribution in [1.82, 2.24) is 24.1 Å². The largest absolute Gasteiger partial charge is 0.309 e. The highest BCUT2D eigenvalue weighted by Crippen LogP contribution is 2.40. The van der Waals surface area contributed by atoms with Crippen molar-refractivity contribution in [1.29, 1.82) is 0 Å². The molecule has 6 nitrogen and oxygen atoms in total. The van der Waals surface area contributed by atoms with Crippen molar-refractivity contribution in [2.45, 2.75) is 0 Å². The van der Waals surface area contributed by atoms with Crippen LogP contribution in [-0.4, -0.2) is 24.1 Å². The van der Waals surface area contributed by atoms with Crippen molar-refractivity contribution in [2.24, 2.45) is 0 Å². The molecule has 0 aliphatic carbocycles. The summed E-state index contributed by atoms with van der Waals surface area (Å²) in [5.41, 5.74) is 9.81. The number of aromatic nitrogens is 5. The molecule has 7 aromatic carbocycles. The lowest BCUT2D eigenvalue weighted by Gasteiger charge is -2.12. The van der Waals surface area contributed by atoms with Crippen molar-refractivity contribution >= 4 is 49.3 Å². The van der Waals surface area contributed by atoms with Gasteiger partial charge in [0.05, 0.1) is 28.6 Å². The lowest BCUT2D eigenvalue weighted by atomic mass is 10.1. The summed E-state index contributed by atoms with van der Waals surface area (Å²) in [6.45, 7) is 7.56. The summed E-state index contributed by atoms with van der Waals surface area (Å²) in [6.07, 6.45) is 0. The predicted molar refractivity (Wildman–Crippen MR) is 211 cm³/mol. The third-order valence-corrected chi connectivity index (χ3v) is 9.74. The smallest absolute Gasteiger partial charge is 0.187 e. The zero-order valence-corrected chi connectivity index (χ0v) is 27.8.